The van der Waals surface area contributed by atoms with E-state index < -0.39 is 0 Å². The van der Waals surface area contributed by atoms with E-state index in [0.717, 1.165) is 6.54 Å². The largest absolute Gasteiger partial charge is 0.496 e. The summed E-state index contributed by atoms with van der Waals surface area (Å²) in [6.07, 6.45) is 0. The van der Waals surface area contributed by atoms with Crippen molar-refractivity contribution in [3.63, 3.8) is 0 Å². The first-order valence-electron chi connectivity index (χ1n) is 6.51. The number of nitrogens with one attached hydrogen (secondary N) is 1. The maximum absolute atomic E-state index is 11.9. The minimum Gasteiger partial charge on any atom is -0.496 e. The number of aromatic nitrogens is 2. The summed E-state index contributed by atoms with van der Waals surface area (Å²) in [4.78, 5) is 13.8. The van der Waals surface area contributed by atoms with Crippen LogP contribution in [0.4, 0.5) is 0 Å². The van der Waals surface area contributed by atoms with Crippen molar-refractivity contribution < 1.29 is 13.9 Å². The van der Waals surface area contributed by atoms with Gasteiger partial charge in [-0.15, -0.1) is 10.2 Å². The van der Waals surface area contributed by atoms with Gasteiger partial charge in [0.1, 0.15) is 5.75 Å². The Labute approximate surface area is 122 Å². The fraction of sp³-hybridized carbons (Fsp3) is 0.357. The number of benzene rings is 1. The molecule has 7 heteroatoms. The van der Waals surface area contributed by atoms with Gasteiger partial charge in [-0.05, 0) is 26.2 Å². The molecule has 0 aliphatic carbocycles. The van der Waals surface area contributed by atoms with E-state index in [-0.39, 0.29) is 17.7 Å². The second-order valence-electron chi connectivity index (χ2n) is 4.67. The second-order valence-corrected chi connectivity index (χ2v) is 4.67. The maximum atomic E-state index is 11.9. The van der Waals surface area contributed by atoms with Gasteiger partial charge in [-0.1, -0.05) is 12.1 Å². The van der Waals surface area contributed by atoms with Crippen LogP contribution < -0.4 is 10.1 Å². The molecule has 0 saturated heterocycles. The van der Waals surface area contributed by atoms with Gasteiger partial charge in [-0.25, -0.2) is 0 Å². The smallest absolute Gasteiger partial charge is 0.308 e. The number of nitrogens with zero attached hydrogens (tertiary/aromatic N) is 3. The SMILES string of the molecule is COc1ccccc1-c1nnc(C(=O)NCCN(C)C)o1. The van der Waals surface area contributed by atoms with Gasteiger partial charge in [0.25, 0.3) is 5.89 Å². The van der Waals surface area contributed by atoms with E-state index in [1.165, 1.54) is 0 Å². The summed E-state index contributed by atoms with van der Waals surface area (Å²) >= 11 is 0. The second kappa shape index (κ2) is 6.85. The number of likely N-dealkylation sites (N-methyl/N-ethyl adjacent to an activating group) is 1. The number of hydrogen-bond acceptors (Lipinski definition) is 6. The van der Waals surface area contributed by atoms with Gasteiger partial charge >= 0.3 is 11.8 Å². The van der Waals surface area contributed by atoms with Crippen LogP contribution in [0.5, 0.6) is 5.75 Å². The van der Waals surface area contributed by atoms with Crippen LogP contribution in [0.3, 0.4) is 0 Å². The molecule has 112 valence electrons. The molecule has 0 spiro atoms. The van der Waals surface area contributed by atoms with Crippen molar-refractivity contribution in [2.24, 2.45) is 0 Å². The predicted octanol–water partition coefficient (Wildman–Crippen LogP) is 1.04. The van der Waals surface area contributed by atoms with Crippen LogP contribution in [-0.2, 0) is 0 Å². The van der Waals surface area contributed by atoms with Gasteiger partial charge in [-0.3, -0.25) is 4.79 Å². The quantitative estimate of drug-likeness (QED) is 0.856. The van der Waals surface area contributed by atoms with Crippen molar-refractivity contribution in [1.82, 2.24) is 20.4 Å². The van der Waals surface area contributed by atoms with Crippen LogP contribution in [0.2, 0.25) is 0 Å². The molecule has 1 aromatic heterocycles. The number of amides is 1. The van der Waals surface area contributed by atoms with E-state index in [1.807, 2.05) is 31.1 Å². The van der Waals surface area contributed by atoms with Crippen LogP contribution in [0, 0.1) is 0 Å². The molecule has 2 rings (SSSR count). The van der Waals surface area contributed by atoms with Crippen molar-refractivity contribution in [3.8, 4) is 17.2 Å². The van der Waals surface area contributed by atoms with Gasteiger partial charge in [0, 0.05) is 13.1 Å². The Morgan fingerprint density at radius 1 is 1.33 bits per heavy atom. The number of rotatable bonds is 6. The zero-order valence-corrected chi connectivity index (χ0v) is 12.3. The first kappa shape index (κ1) is 15.0. The van der Waals surface area contributed by atoms with E-state index in [4.69, 9.17) is 9.15 Å². The summed E-state index contributed by atoms with van der Waals surface area (Å²) < 4.78 is 10.6. The van der Waals surface area contributed by atoms with Gasteiger partial charge in [0.05, 0.1) is 12.7 Å². The highest BCUT2D eigenvalue weighted by Gasteiger charge is 2.17. The van der Waals surface area contributed by atoms with Gasteiger partial charge in [0.15, 0.2) is 0 Å². The van der Waals surface area contributed by atoms with E-state index in [0.29, 0.717) is 17.9 Å². The van der Waals surface area contributed by atoms with Gasteiger partial charge in [0.2, 0.25) is 0 Å². The van der Waals surface area contributed by atoms with Crippen LogP contribution in [0.1, 0.15) is 10.7 Å². The molecule has 1 heterocycles. The lowest BCUT2D eigenvalue weighted by Crippen LogP contribution is -2.31. The Bertz CT molecular complexity index is 610. The molecule has 1 amide bonds. The first-order valence-corrected chi connectivity index (χ1v) is 6.51. The van der Waals surface area contributed by atoms with Crippen molar-refractivity contribution in [1.29, 1.82) is 0 Å². The molecule has 0 aliphatic rings. The maximum Gasteiger partial charge on any atom is 0.308 e. The average Bonchev–Trinajstić information content (AvgIpc) is 2.96. The fourth-order valence-corrected chi connectivity index (χ4v) is 1.71. The summed E-state index contributed by atoms with van der Waals surface area (Å²) in [5.41, 5.74) is 0.653. The van der Waals surface area contributed by atoms with Crippen molar-refractivity contribution >= 4 is 5.91 Å². The molecule has 7 nitrogen and oxygen atoms in total. The van der Waals surface area contributed by atoms with Crippen molar-refractivity contribution in [3.05, 3.63) is 30.2 Å². The molecular weight excluding hydrogens is 272 g/mol. The summed E-state index contributed by atoms with van der Waals surface area (Å²) in [6.45, 7) is 1.25. The predicted molar refractivity (Wildman–Crippen MR) is 77.2 cm³/mol. The van der Waals surface area contributed by atoms with Crippen LogP contribution in [0.25, 0.3) is 11.5 Å². The molecular formula is C14H18N4O3. The summed E-state index contributed by atoms with van der Waals surface area (Å²) in [5, 5.41) is 10.4. The monoisotopic (exact) mass is 290 g/mol. The van der Waals surface area contributed by atoms with Gasteiger partial charge in [-0.2, -0.15) is 0 Å². The number of para-hydroxylation sites is 1. The third kappa shape index (κ3) is 3.79. The Morgan fingerprint density at radius 2 is 2.10 bits per heavy atom. The number of methoxy groups -OCH3 is 1. The molecule has 0 fully saturated rings. The molecule has 0 aliphatic heterocycles. The molecule has 1 aromatic carbocycles. The molecule has 0 radical (unpaired) electrons. The highest BCUT2D eigenvalue weighted by molar-refractivity contribution is 5.89. The zero-order valence-electron chi connectivity index (χ0n) is 12.3. The third-order valence-corrected chi connectivity index (χ3v) is 2.80. The lowest BCUT2D eigenvalue weighted by molar-refractivity contribution is 0.0917. The standard InChI is InChI=1S/C14H18N4O3/c1-18(2)9-8-15-12(19)14-17-16-13(21-14)10-6-4-5-7-11(10)20-3/h4-7H,8-9H2,1-3H3,(H,15,19). The topological polar surface area (TPSA) is 80.5 Å². The summed E-state index contributed by atoms with van der Waals surface area (Å²) in [6, 6.07) is 7.25. The lowest BCUT2D eigenvalue weighted by Gasteiger charge is -2.08. The van der Waals surface area contributed by atoms with Crippen molar-refractivity contribution in [2.45, 2.75) is 0 Å². The summed E-state index contributed by atoms with van der Waals surface area (Å²) in [7, 11) is 5.42. The lowest BCUT2D eigenvalue weighted by atomic mass is 10.2. The minimum absolute atomic E-state index is 0.0605. The molecule has 0 bridgehead atoms. The van der Waals surface area contributed by atoms with Crippen LogP contribution in [0.15, 0.2) is 28.7 Å². The number of ether oxygens (including phenoxy) is 1. The average molecular weight is 290 g/mol. The normalized spacial score (nSPS) is 10.7. The Kier molecular flexibility index (Phi) is 4.89. The number of carbonyl (C=O) groups excluding carboxylic acids is 1. The minimum atomic E-state index is -0.384. The zero-order chi connectivity index (χ0) is 15.2. The van der Waals surface area contributed by atoms with Crippen molar-refractivity contribution in [2.75, 3.05) is 34.3 Å². The molecule has 1 N–H and O–H groups in total. The van der Waals surface area contributed by atoms with Crippen LogP contribution >= 0.6 is 0 Å². The Balaban J connectivity index is 2.09. The summed E-state index contributed by atoms with van der Waals surface area (Å²) in [5.74, 6) is 0.422. The molecule has 21 heavy (non-hydrogen) atoms. The first-order chi connectivity index (χ1) is 10.1. The highest BCUT2D eigenvalue weighted by Crippen LogP contribution is 2.28. The highest BCUT2D eigenvalue weighted by atomic mass is 16.5. The molecule has 0 unspecified atom stereocenters. The number of carbonyl (C=O) groups is 1. The number of hydrogen-bond donors (Lipinski definition) is 1. The molecule has 0 saturated carbocycles. The molecule has 0 atom stereocenters. The third-order valence-electron chi connectivity index (χ3n) is 2.80. The fourth-order valence-electron chi connectivity index (χ4n) is 1.71. The van der Waals surface area contributed by atoms with Crippen LogP contribution in [-0.4, -0.2) is 55.3 Å². The van der Waals surface area contributed by atoms with E-state index >= 15 is 0 Å². The Hall–Kier alpha value is -2.41. The molecule has 2 aromatic rings. The van der Waals surface area contributed by atoms with E-state index in [2.05, 4.69) is 15.5 Å². The van der Waals surface area contributed by atoms with Gasteiger partial charge < -0.3 is 19.4 Å². The van der Waals surface area contributed by atoms with E-state index in [1.54, 1.807) is 19.2 Å². The Morgan fingerprint density at radius 3 is 2.81 bits per heavy atom. The van der Waals surface area contributed by atoms with E-state index in [9.17, 15) is 4.79 Å².